The summed E-state index contributed by atoms with van der Waals surface area (Å²) in [5, 5.41) is 11.4. The molecule has 10 heteroatoms. The lowest BCUT2D eigenvalue weighted by atomic mass is 10.2. The average Bonchev–Trinajstić information content (AvgIpc) is 3.14. The molecule has 0 aliphatic heterocycles. The van der Waals surface area contributed by atoms with Crippen molar-refractivity contribution in [3.8, 4) is 17.1 Å². The monoisotopic (exact) mass is 436 g/mol. The molecule has 1 aromatic heterocycles. The summed E-state index contributed by atoms with van der Waals surface area (Å²) in [6.45, 7) is 2.49. The van der Waals surface area contributed by atoms with Gasteiger partial charge in [0.25, 0.3) is 0 Å². The highest BCUT2D eigenvalue weighted by Gasteiger charge is 2.30. The smallest absolute Gasteiger partial charge is 0.416 e. The normalized spacial score (nSPS) is 11.4. The third-order valence-corrected chi connectivity index (χ3v) is 5.15. The van der Waals surface area contributed by atoms with E-state index in [-0.39, 0.29) is 11.4 Å². The van der Waals surface area contributed by atoms with Gasteiger partial charge < -0.3 is 14.6 Å². The van der Waals surface area contributed by atoms with Crippen LogP contribution >= 0.6 is 11.8 Å². The Kier molecular flexibility index (Phi) is 6.66. The number of amides is 1. The summed E-state index contributed by atoms with van der Waals surface area (Å²) < 4.78 is 45.7. The number of methoxy groups -OCH3 is 1. The van der Waals surface area contributed by atoms with Crippen LogP contribution in [0.1, 0.15) is 12.5 Å². The van der Waals surface area contributed by atoms with Gasteiger partial charge in [-0.05, 0) is 37.3 Å². The van der Waals surface area contributed by atoms with E-state index in [0.717, 1.165) is 29.5 Å². The third kappa shape index (κ3) is 4.93. The van der Waals surface area contributed by atoms with Crippen LogP contribution in [-0.2, 0) is 17.5 Å². The summed E-state index contributed by atoms with van der Waals surface area (Å²) >= 11 is 1.15. The van der Waals surface area contributed by atoms with Crippen LogP contribution < -0.4 is 10.1 Å². The van der Waals surface area contributed by atoms with Gasteiger partial charge in [0, 0.05) is 12.2 Å². The van der Waals surface area contributed by atoms with Crippen LogP contribution in [0, 0.1) is 0 Å². The molecule has 0 aliphatic carbocycles. The van der Waals surface area contributed by atoms with E-state index in [0.29, 0.717) is 23.3 Å². The molecule has 1 amide bonds. The predicted octanol–water partition coefficient (Wildman–Crippen LogP) is 4.72. The molecule has 6 nitrogen and oxygen atoms in total. The average molecular weight is 436 g/mol. The van der Waals surface area contributed by atoms with Crippen LogP contribution in [0.2, 0.25) is 0 Å². The van der Waals surface area contributed by atoms with Crippen LogP contribution in [0.3, 0.4) is 0 Å². The summed E-state index contributed by atoms with van der Waals surface area (Å²) in [6.07, 6.45) is -4.47. The summed E-state index contributed by atoms with van der Waals surface area (Å²) in [5.74, 6) is 0.790. The second-order valence-corrected chi connectivity index (χ2v) is 7.11. The first-order chi connectivity index (χ1) is 14.3. The van der Waals surface area contributed by atoms with Gasteiger partial charge in [0.1, 0.15) is 5.75 Å². The molecule has 158 valence electrons. The van der Waals surface area contributed by atoms with Crippen molar-refractivity contribution in [2.45, 2.75) is 24.8 Å². The number of nitrogens with zero attached hydrogens (tertiary/aromatic N) is 3. The van der Waals surface area contributed by atoms with E-state index >= 15 is 0 Å². The van der Waals surface area contributed by atoms with Crippen LogP contribution in [-0.4, -0.2) is 33.5 Å². The van der Waals surface area contributed by atoms with Crippen LogP contribution in [0.15, 0.2) is 53.7 Å². The molecule has 0 aliphatic rings. The van der Waals surface area contributed by atoms with Crippen LogP contribution in [0.5, 0.6) is 5.75 Å². The highest BCUT2D eigenvalue weighted by atomic mass is 32.2. The summed E-state index contributed by atoms with van der Waals surface area (Å²) in [7, 11) is 1.57. The molecule has 0 unspecified atom stereocenters. The van der Waals surface area contributed by atoms with Gasteiger partial charge in [-0.25, -0.2) is 0 Å². The number of carbonyl (C=O) groups is 1. The Morgan fingerprint density at radius 2 is 1.93 bits per heavy atom. The van der Waals surface area contributed by atoms with Gasteiger partial charge in [0.2, 0.25) is 5.91 Å². The van der Waals surface area contributed by atoms with Crippen LogP contribution in [0.25, 0.3) is 11.4 Å². The number of halogens is 3. The van der Waals surface area contributed by atoms with E-state index in [1.807, 2.05) is 35.8 Å². The SMILES string of the molecule is CCn1c(SCC(=O)Nc2cccc(C(F)(F)F)c2)nnc1-c1ccccc1OC. The second kappa shape index (κ2) is 9.21. The molecule has 3 rings (SSSR count). The van der Waals surface area contributed by atoms with Gasteiger partial charge in [0.05, 0.1) is 24.0 Å². The summed E-state index contributed by atoms with van der Waals surface area (Å²) in [4.78, 5) is 12.2. The Morgan fingerprint density at radius 3 is 2.63 bits per heavy atom. The first kappa shape index (κ1) is 21.7. The van der Waals surface area contributed by atoms with E-state index in [2.05, 4.69) is 15.5 Å². The largest absolute Gasteiger partial charge is 0.496 e. The number of ether oxygens (including phenoxy) is 1. The first-order valence-corrected chi connectivity index (χ1v) is 9.98. The zero-order valence-electron chi connectivity index (χ0n) is 16.2. The molecular formula is C20H19F3N4O2S. The molecular weight excluding hydrogens is 417 g/mol. The van der Waals surface area contributed by atoms with Gasteiger partial charge in [0.15, 0.2) is 11.0 Å². The van der Waals surface area contributed by atoms with Crippen molar-refractivity contribution in [2.75, 3.05) is 18.2 Å². The van der Waals surface area contributed by atoms with Crippen molar-refractivity contribution in [2.24, 2.45) is 0 Å². The molecule has 30 heavy (non-hydrogen) atoms. The molecule has 1 N–H and O–H groups in total. The van der Waals surface area contributed by atoms with Crippen molar-refractivity contribution in [3.63, 3.8) is 0 Å². The number of thioether (sulfide) groups is 1. The van der Waals surface area contributed by atoms with Crippen molar-refractivity contribution in [3.05, 3.63) is 54.1 Å². The van der Waals surface area contributed by atoms with Gasteiger partial charge in [-0.3, -0.25) is 4.79 Å². The zero-order chi connectivity index (χ0) is 21.7. The molecule has 0 radical (unpaired) electrons. The topological polar surface area (TPSA) is 69.0 Å². The number of rotatable bonds is 7. The third-order valence-electron chi connectivity index (χ3n) is 4.19. The maximum absolute atomic E-state index is 12.8. The molecule has 2 aromatic carbocycles. The fourth-order valence-corrected chi connectivity index (χ4v) is 3.61. The number of hydrogen-bond acceptors (Lipinski definition) is 5. The lowest BCUT2D eigenvalue weighted by Crippen LogP contribution is -2.15. The highest BCUT2D eigenvalue weighted by Crippen LogP contribution is 2.32. The van der Waals surface area contributed by atoms with Crippen molar-refractivity contribution in [1.82, 2.24) is 14.8 Å². The number of para-hydroxylation sites is 1. The van der Waals surface area contributed by atoms with Gasteiger partial charge in [-0.2, -0.15) is 13.2 Å². The number of hydrogen-bond donors (Lipinski definition) is 1. The minimum Gasteiger partial charge on any atom is -0.496 e. The molecule has 0 bridgehead atoms. The molecule has 3 aromatic rings. The van der Waals surface area contributed by atoms with Crippen molar-refractivity contribution >= 4 is 23.4 Å². The summed E-state index contributed by atoms with van der Waals surface area (Å²) in [5.41, 5.74) is 0.0387. The Bertz CT molecular complexity index is 1040. The molecule has 0 fully saturated rings. The lowest BCUT2D eigenvalue weighted by molar-refractivity contribution is -0.137. The van der Waals surface area contributed by atoms with E-state index in [9.17, 15) is 18.0 Å². The number of nitrogens with one attached hydrogen (secondary N) is 1. The molecule has 0 saturated heterocycles. The maximum atomic E-state index is 12.8. The number of aromatic nitrogens is 3. The minimum atomic E-state index is -4.47. The Balaban J connectivity index is 1.71. The van der Waals surface area contributed by atoms with E-state index in [1.54, 1.807) is 7.11 Å². The van der Waals surface area contributed by atoms with Gasteiger partial charge in [-0.15, -0.1) is 10.2 Å². The molecule has 0 spiro atoms. The standard InChI is InChI=1S/C20H19F3N4O2S/c1-3-27-18(15-9-4-5-10-16(15)29-2)25-26-19(27)30-12-17(28)24-14-8-6-7-13(11-14)20(21,22)23/h4-11H,3,12H2,1-2H3,(H,24,28). The van der Waals surface area contributed by atoms with Crippen molar-refractivity contribution < 1.29 is 22.7 Å². The van der Waals surface area contributed by atoms with Gasteiger partial charge >= 0.3 is 6.18 Å². The minimum absolute atomic E-state index is 0.0275. The number of carbonyl (C=O) groups excluding carboxylic acids is 1. The van der Waals surface area contributed by atoms with Gasteiger partial charge in [-0.1, -0.05) is 30.0 Å². The number of benzene rings is 2. The molecule has 0 atom stereocenters. The quantitative estimate of drug-likeness (QED) is 0.543. The fourth-order valence-electron chi connectivity index (χ4n) is 2.81. The Morgan fingerprint density at radius 1 is 1.17 bits per heavy atom. The second-order valence-electron chi connectivity index (χ2n) is 6.17. The van der Waals surface area contributed by atoms with Crippen LogP contribution in [0.4, 0.5) is 18.9 Å². The zero-order valence-corrected chi connectivity index (χ0v) is 17.0. The lowest BCUT2D eigenvalue weighted by Gasteiger charge is -2.11. The Hall–Kier alpha value is -3.01. The predicted molar refractivity (Wildman–Crippen MR) is 108 cm³/mol. The Labute approximate surface area is 175 Å². The molecule has 0 saturated carbocycles. The number of alkyl halides is 3. The summed E-state index contributed by atoms with van der Waals surface area (Å²) in [6, 6.07) is 11.9. The fraction of sp³-hybridized carbons (Fsp3) is 0.250. The molecule has 1 heterocycles. The maximum Gasteiger partial charge on any atom is 0.416 e. The van der Waals surface area contributed by atoms with Crippen molar-refractivity contribution in [1.29, 1.82) is 0 Å². The van der Waals surface area contributed by atoms with E-state index in [1.165, 1.54) is 12.1 Å². The van der Waals surface area contributed by atoms with E-state index < -0.39 is 17.6 Å². The highest BCUT2D eigenvalue weighted by molar-refractivity contribution is 7.99. The van der Waals surface area contributed by atoms with E-state index in [4.69, 9.17) is 4.74 Å². The first-order valence-electron chi connectivity index (χ1n) is 9.00. The number of anilines is 1.